The Morgan fingerprint density at radius 3 is 1.60 bits per heavy atom. The van der Waals surface area contributed by atoms with E-state index in [0.717, 1.165) is 16.3 Å². The van der Waals surface area contributed by atoms with Crippen molar-refractivity contribution in [2.24, 2.45) is 11.8 Å². The molecule has 8 atom stereocenters. The summed E-state index contributed by atoms with van der Waals surface area (Å²) in [6.45, 7) is 5.52. The molecule has 4 rings (SSSR count). The summed E-state index contributed by atoms with van der Waals surface area (Å²) in [5.41, 5.74) is 0.845. The average molecular weight is 1230 g/mol. The molecule has 0 spiro atoms. The number of carbonyl (C=O) groups excluding carboxylic acids is 10. The molecule has 31 heteroatoms. The number of nitrogens with one attached hydrogen (secondary N) is 5. The van der Waals surface area contributed by atoms with E-state index in [2.05, 4.69) is 31.1 Å². The number of unbranched alkanes of at least 4 members (excludes halogenated alkanes) is 1. The van der Waals surface area contributed by atoms with Crippen molar-refractivity contribution < 1.29 is 75.2 Å². The molecule has 0 bridgehead atoms. The third-order valence-corrected chi connectivity index (χ3v) is 15.3. The maximum atomic E-state index is 14.0. The lowest BCUT2D eigenvalue weighted by molar-refractivity contribution is -0.138. The number of nitrogens with zero attached hydrogens (tertiary/aromatic N) is 4. The molecule has 0 aromatic heterocycles. The topological polar surface area (TPSA) is 299 Å². The van der Waals surface area contributed by atoms with Gasteiger partial charge in [0.25, 0.3) is 0 Å². The highest BCUT2D eigenvalue weighted by molar-refractivity contribution is 7.11. The third kappa shape index (κ3) is 26.2. The van der Waals surface area contributed by atoms with Gasteiger partial charge in [0.05, 0.1) is 73.5 Å². The standard InChI is InChI=1S/C50H79BN9O16P5/c1-51-71-48(68)39(15-16-42(62)72-77)56-50(70)55-38(49(69)76-81)8-4-5-17-52-47(67)40(27-34-11-12-35-6-2-3-7-37(35)26-34)54-46(66)36-13-9-33(10-14-36)28-53-41(61)29-57-18-20-58(30-43(63)73-78)22-24-60(32-45(65)75-80)25-23-59(21-19-57)31-44(64)74-79/h2-3,6-7,11-12,26,33,36,38-40,51H,4-5,8-10,13-25,27-32,77-81H2,1H3,(H,52,67)(H,53,61)(H,54,66)(H2,55,56,70). The molecule has 2 fully saturated rings. The Bertz CT molecular complexity index is 2380. The van der Waals surface area contributed by atoms with Crippen molar-refractivity contribution in [2.45, 2.75) is 89.2 Å². The van der Waals surface area contributed by atoms with Gasteiger partial charge in [-0.25, -0.2) is 9.59 Å². The largest absolute Gasteiger partial charge is 0.539 e. The molecule has 1 saturated heterocycles. The van der Waals surface area contributed by atoms with Crippen molar-refractivity contribution in [1.29, 1.82) is 0 Å². The van der Waals surface area contributed by atoms with Gasteiger partial charge >= 0.3 is 49.3 Å². The zero-order valence-corrected chi connectivity index (χ0v) is 51.6. The van der Waals surface area contributed by atoms with Crippen LogP contribution in [0.2, 0.25) is 6.82 Å². The van der Waals surface area contributed by atoms with Crippen LogP contribution in [0.5, 0.6) is 0 Å². The van der Waals surface area contributed by atoms with Gasteiger partial charge < -0.3 is 53.9 Å². The third-order valence-electron chi connectivity index (χ3n) is 14.0. The zero-order chi connectivity index (χ0) is 59.1. The summed E-state index contributed by atoms with van der Waals surface area (Å²) < 4.78 is 28.9. The Hall–Kier alpha value is -4.75. The Morgan fingerprint density at radius 1 is 0.568 bits per heavy atom. The molecular formula is C50H79BN9O16P5. The molecule has 448 valence electrons. The van der Waals surface area contributed by atoms with Crippen LogP contribution >= 0.6 is 47.3 Å². The summed E-state index contributed by atoms with van der Waals surface area (Å²) >= 11 is 0. The second-order valence-corrected chi connectivity index (χ2v) is 20.9. The van der Waals surface area contributed by atoms with Crippen molar-refractivity contribution in [3.63, 3.8) is 0 Å². The van der Waals surface area contributed by atoms with E-state index in [0.29, 0.717) is 97.4 Å². The van der Waals surface area contributed by atoms with Crippen LogP contribution in [0.4, 0.5) is 4.79 Å². The number of hydrogen-bond acceptors (Lipinski definition) is 20. The molecule has 1 aliphatic heterocycles. The molecule has 81 heavy (non-hydrogen) atoms. The molecule has 25 nitrogen and oxygen atoms in total. The summed E-state index contributed by atoms with van der Waals surface area (Å²) in [4.78, 5) is 136. The van der Waals surface area contributed by atoms with Gasteiger partial charge in [-0.15, -0.1) is 0 Å². The first kappa shape index (κ1) is 68.8. The summed E-state index contributed by atoms with van der Waals surface area (Å²) in [5, 5.41) is 16.0. The van der Waals surface area contributed by atoms with Crippen LogP contribution in [-0.2, 0) is 76.8 Å². The zero-order valence-electron chi connectivity index (χ0n) is 45.8. The molecule has 5 amide bonds. The lowest BCUT2D eigenvalue weighted by atomic mass is 9.81. The van der Waals surface area contributed by atoms with Crippen LogP contribution in [0, 0.1) is 11.8 Å². The minimum Gasteiger partial charge on any atom is -0.539 e. The van der Waals surface area contributed by atoms with Crippen LogP contribution < -0.4 is 26.6 Å². The Morgan fingerprint density at radius 2 is 1.09 bits per heavy atom. The first-order valence-corrected chi connectivity index (χ1v) is 29.3. The van der Waals surface area contributed by atoms with Crippen molar-refractivity contribution in [2.75, 3.05) is 91.6 Å². The lowest BCUT2D eigenvalue weighted by Gasteiger charge is -2.33. The molecule has 1 aliphatic carbocycles. The average Bonchev–Trinajstić information content (AvgIpc) is 3.47. The lowest BCUT2D eigenvalue weighted by Crippen LogP contribution is -2.51. The van der Waals surface area contributed by atoms with Crippen molar-refractivity contribution in [3.8, 4) is 0 Å². The van der Waals surface area contributed by atoms with E-state index in [1.165, 1.54) is 0 Å². The molecule has 0 radical (unpaired) electrons. The van der Waals surface area contributed by atoms with Gasteiger partial charge in [-0.1, -0.05) is 49.3 Å². The molecule has 8 unspecified atom stereocenters. The van der Waals surface area contributed by atoms with Gasteiger partial charge in [-0.3, -0.25) is 58.0 Å². The summed E-state index contributed by atoms with van der Waals surface area (Å²) in [6.07, 6.45) is 3.19. The number of benzene rings is 2. The van der Waals surface area contributed by atoms with Crippen LogP contribution in [0.3, 0.4) is 0 Å². The fraction of sp³-hybridized carbons (Fsp3) is 0.600. The fourth-order valence-electron chi connectivity index (χ4n) is 9.43. The van der Waals surface area contributed by atoms with Crippen LogP contribution in [0.15, 0.2) is 42.5 Å². The van der Waals surface area contributed by atoms with Crippen LogP contribution in [0.1, 0.15) is 63.4 Å². The highest BCUT2D eigenvalue weighted by Gasteiger charge is 2.31. The SMILES string of the molecule is CBOC(=O)C(CCC(=O)OP)NC(=O)NC(CCCCNC(=O)C(Cc1ccc2ccccc2c1)NC(=O)C1CCC(CNC(=O)CN2CCN(CC(=O)OP)CCN(CC(=O)OP)CCN(CC(=O)OP)CC2)CC1)C(=O)OP. The molecule has 2 aliphatic rings. The van der Waals surface area contributed by atoms with Crippen molar-refractivity contribution >= 4 is 125 Å². The van der Waals surface area contributed by atoms with Gasteiger partial charge in [-0.05, 0) is 73.6 Å². The van der Waals surface area contributed by atoms with E-state index in [4.69, 9.17) is 22.7 Å². The van der Waals surface area contributed by atoms with E-state index >= 15 is 0 Å². The second kappa shape index (κ2) is 38.2. The fourth-order valence-corrected chi connectivity index (χ4v) is 9.93. The highest BCUT2D eigenvalue weighted by atomic mass is 31.0. The number of amides is 5. The Balaban J connectivity index is 1.33. The first-order valence-electron chi connectivity index (χ1n) is 26.9. The predicted molar refractivity (Wildman–Crippen MR) is 317 cm³/mol. The van der Waals surface area contributed by atoms with Gasteiger partial charge in [0.2, 0.25) is 17.7 Å². The maximum absolute atomic E-state index is 14.0. The monoisotopic (exact) mass is 1230 g/mol. The Labute approximate surface area is 485 Å². The predicted octanol–water partition coefficient (Wildman–Crippen LogP) is 0.724. The van der Waals surface area contributed by atoms with Crippen molar-refractivity contribution in [3.05, 3.63) is 48.0 Å². The van der Waals surface area contributed by atoms with Crippen molar-refractivity contribution in [1.82, 2.24) is 46.2 Å². The number of hydrogen-bond donors (Lipinski definition) is 5. The smallest absolute Gasteiger partial charge is 0.340 e. The Kier molecular flexibility index (Phi) is 32.4. The van der Waals surface area contributed by atoms with E-state index < -0.39 is 65.9 Å². The van der Waals surface area contributed by atoms with E-state index in [1.54, 1.807) is 6.82 Å². The van der Waals surface area contributed by atoms with Gasteiger partial charge in [0.15, 0.2) is 0 Å². The van der Waals surface area contributed by atoms with Crippen LogP contribution in [-0.4, -0.2) is 196 Å². The number of rotatable bonds is 28. The van der Waals surface area contributed by atoms with E-state index in [9.17, 15) is 47.9 Å². The summed E-state index contributed by atoms with van der Waals surface area (Å²) in [5.74, 6) is -4.62. The van der Waals surface area contributed by atoms with Gasteiger partial charge in [0.1, 0.15) is 18.1 Å². The molecule has 2 aromatic rings. The minimum absolute atomic E-state index is 0.00477. The molecule has 1 saturated carbocycles. The highest BCUT2D eigenvalue weighted by Crippen LogP contribution is 2.29. The second-order valence-electron chi connectivity index (χ2n) is 19.8. The number of carbonyl (C=O) groups is 10. The number of urea groups is 1. The van der Waals surface area contributed by atoms with Gasteiger partial charge in [-0.2, -0.15) is 0 Å². The molecule has 2 aromatic carbocycles. The number of fused-ring (bicyclic) bond motifs is 1. The van der Waals surface area contributed by atoms with Gasteiger partial charge in [0, 0.05) is 84.2 Å². The van der Waals surface area contributed by atoms with E-state index in [-0.39, 0.29) is 89.5 Å². The minimum atomic E-state index is -1.20. The molecular weight excluding hydrogens is 1150 g/mol. The van der Waals surface area contributed by atoms with E-state index in [1.807, 2.05) is 109 Å². The normalized spacial score (nSPS) is 17.9. The summed E-state index contributed by atoms with van der Waals surface area (Å²) in [7, 11) is 9.56. The van der Waals surface area contributed by atoms with Crippen LogP contribution in [0.25, 0.3) is 10.8 Å². The molecule has 5 N–H and O–H groups in total. The maximum Gasteiger partial charge on any atom is 0.340 e. The first-order chi connectivity index (χ1) is 39.0. The quantitative estimate of drug-likeness (QED) is 0.0446. The summed E-state index contributed by atoms with van der Waals surface area (Å²) in [6, 6.07) is 9.60. The molecule has 1 heterocycles.